The molecule has 1 saturated heterocycles. The van der Waals surface area contributed by atoms with Crippen LogP contribution in [0.15, 0.2) is 59.3 Å². The first-order valence-electron chi connectivity index (χ1n) is 10.2. The van der Waals surface area contributed by atoms with Gasteiger partial charge in [0.1, 0.15) is 17.3 Å². The lowest BCUT2D eigenvalue weighted by Crippen LogP contribution is -2.49. The van der Waals surface area contributed by atoms with Crippen LogP contribution < -0.4 is 19.7 Å². The molecule has 0 radical (unpaired) electrons. The molecule has 0 saturated carbocycles. The summed E-state index contributed by atoms with van der Waals surface area (Å²) in [7, 11) is 3.10. The Morgan fingerprint density at radius 2 is 1.84 bits per heavy atom. The lowest BCUT2D eigenvalue weighted by Gasteiger charge is -2.35. The van der Waals surface area contributed by atoms with Crippen LogP contribution >= 0.6 is 0 Å². The fourth-order valence-corrected chi connectivity index (χ4v) is 3.60. The van der Waals surface area contributed by atoms with Gasteiger partial charge in [0.25, 0.3) is 11.8 Å². The third-order valence-corrected chi connectivity index (χ3v) is 5.29. The van der Waals surface area contributed by atoms with Gasteiger partial charge in [-0.05, 0) is 36.4 Å². The quantitative estimate of drug-likeness (QED) is 0.635. The monoisotopic (exact) mass is 436 g/mol. The molecule has 2 amide bonds. The second kappa shape index (κ2) is 9.42. The molecule has 0 bridgehead atoms. The van der Waals surface area contributed by atoms with Crippen molar-refractivity contribution in [2.75, 3.05) is 50.6 Å². The van der Waals surface area contributed by atoms with E-state index in [2.05, 4.69) is 10.3 Å². The average molecular weight is 436 g/mol. The number of piperazine rings is 1. The molecular formula is C23H24N4O5. The fraction of sp³-hybridized carbons (Fsp3) is 0.261. The first-order valence-corrected chi connectivity index (χ1v) is 10.2. The van der Waals surface area contributed by atoms with Gasteiger partial charge in [-0.3, -0.25) is 9.59 Å². The van der Waals surface area contributed by atoms with Crippen LogP contribution in [0.1, 0.15) is 20.9 Å². The normalized spacial score (nSPS) is 13.6. The molecule has 166 valence electrons. The molecule has 1 aromatic carbocycles. The predicted octanol–water partition coefficient (Wildman–Crippen LogP) is 2.91. The van der Waals surface area contributed by atoms with E-state index in [-0.39, 0.29) is 11.8 Å². The molecule has 0 aliphatic carbocycles. The number of carbonyl (C=O) groups excluding carboxylic acids is 2. The highest BCUT2D eigenvalue weighted by atomic mass is 16.5. The van der Waals surface area contributed by atoms with Gasteiger partial charge in [0.05, 0.1) is 31.7 Å². The SMILES string of the molecule is COc1ccc(NC(=O)c2cccnc2N2CCN(C(=O)c3ccco3)CC2)c(OC)c1. The third kappa shape index (κ3) is 4.36. The summed E-state index contributed by atoms with van der Waals surface area (Å²) in [6, 6.07) is 12.0. The number of carbonyl (C=O) groups is 2. The van der Waals surface area contributed by atoms with Crippen molar-refractivity contribution in [3.05, 3.63) is 66.2 Å². The van der Waals surface area contributed by atoms with E-state index in [4.69, 9.17) is 13.9 Å². The van der Waals surface area contributed by atoms with Gasteiger partial charge in [0.2, 0.25) is 0 Å². The third-order valence-electron chi connectivity index (χ3n) is 5.29. The molecule has 0 atom stereocenters. The largest absolute Gasteiger partial charge is 0.497 e. The minimum absolute atomic E-state index is 0.139. The van der Waals surface area contributed by atoms with E-state index < -0.39 is 0 Å². The topological polar surface area (TPSA) is 97.1 Å². The Hall–Kier alpha value is -4.01. The van der Waals surface area contributed by atoms with Crippen molar-refractivity contribution in [2.45, 2.75) is 0 Å². The zero-order valence-corrected chi connectivity index (χ0v) is 17.9. The van der Waals surface area contributed by atoms with Crippen molar-refractivity contribution in [3.8, 4) is 11.5 Å². The van der Waals surface area contributed by atoms with Gasteiger partial charge in [-0.15, -0.1) is 0 Å². The molecule has 1 N–H and O–H groups in total. The first kappa shape index (κ1) is 21.2. The van der Waals surface area contributed by atoms with Crippen LogP contribution in [0, 0.1) is 0 Å². The van der Waals surface area contributed by atoms with Crippen molar-refractivity contribution in [2.24, 2.45) is 0 Å². The van der Waals surface area contributed by atoms with Crippen molar-refractivity contribution in [3.63, 3.8) is 0 Å². The van der Waals surface area contributed by atoms with E-state index in [0.29, 0.717) is 60.5 Å². The van der Waals surface area contributed by atoms with E-state index in [1.165, 1.54) is 13.4 Å². The lowest BCUT2D eigenvalue weighted by atomic mass is 10.2. The second-order valence-corrected chi connectivity index (χ2v) is 7.15. The van der Waals surface area contributed by atoms with E-state index in [1.807, 2.05) is 4.90 Å². The number of furan rings is 1. The predicted molar refractivity (Wildman–Crippen MR) is 119 cm³/mol. The minimum Gasteiger partial charge on any atom is -0.497 e. The van der Waals surface area contributed by atoms with Gasteiger partial charge in [-0.25, -0.2) is 4.98 Å². The molecule has 3 aromatic rings. The number of rotatable bonds is 6. The highest BCUT2D eigenvalue weighted by molar-refractivity contribution is 6.08. The van der Waals surface area contributed by atoms with Crippen LogP contribution in [0.5, 0.6) is 11.5 Å². The van der Waals surface area contributed by atoms with Crippen molar-refractivity contribution in [1.82, 2.24) is 9.88 Å². The van der Waals surface area contributed by atoms with Crippen LogP contribution in [0.2, 0.25) is 0 Å². The number of nitrogens with one attached hydrogen (secondary N) is 1. The molecule has 9 heteroatoms. The Morgan fingerprint density at radius 1 is 1.03 bits per heavy atom. The first-order chi connectivity index (χ1) is 15.6. The number of hydrogen-bond acceptors (Lipinski definition) is 7. The van der Waals surface area contributed by atoms with Crippen LogP contribution in [-0.4, -0.2) is 62.1 Å². The number of hydrogen-bond donors (Lipinski definition) is 1. The van der Waals surface area contributed by atoms with Crippen molar-refractivity contribution < 1.29 is 23.5 Å². The molecule has 1 fully saturated rings. The number of anilines is 2. The summed E-state index contributed by atoms with van der Waals surface area (Å²) in [6.07, 6.45) is 3.14. The molecule has 1 aliphatic heterocycles. The average Bonchev–Trinajstić information content (AvgIpc) is 3.39. The van der Waals surface area contributed by atoms with E-state index in [9.17, 15) is 9.59 Å². The standard InChI is InChI=1S/C23H24N4O5/c1-30-16-7-8-18(20(15-16)31-2)25-22(28)17-5-3-9-24-21(17)26-10-12-27(13-11-26)23(29)19-6-4-14-32-19/h3-9,14-15H,10-13H2,1-2H3,(H,25,28). The number of methoxy groups -OCH3 is 2. The molecule has 32 heavy (non-hydrogen) atoms. The van der Waals surface area contributed by atoms with E-state index in [0.717, 1.165) is 0 Å². The summed E-state index contributed by atoms with van der Waals surface area (Å²) in [5.41, 5.74) is 0.971. The lowest BCUT2D eigenvalue weighted by molar-refractivity contribution is 0.0714. The van der Waals surface area contributed by atoms with Gasteiger partial charge >= 0.3 is 0 Å². The Kier molecular flexibility index (Phi) is 6.25. The number of ether oxygens (including phenoxy) is 2. The van der Waals surface area contributed by atoms with Crippen LogP contribution in [-0.2, 0) is 0 Å². The summed E-state index contributed by atoms with van der Waals surface area (Å²) >= 11 is 0. The zero-order valence-electron chi connectivity index (χ0n) is 17.9. The molecule has 2 aromatic heterocycles. The van der Waals surface area contributed by atoms with Crippen LogP contribution in [0.3, 0.4) is 0 Å². The van der Waals surface area contributed by atoms with E-state index in [1.54, 1.807) is 60.7 Å². The van der Waals surface area contributed by atoms with Gasteiger partial charge in [-0.1, -0.05) is 0 Å². The van der Waals surface area contributed by atoms with Crippen molar-refractivity contribution in [1.29, 1.82) is 0 Å². The minimum atomic E-state index is -0.300. The van der Waals surface area contributed by atoms with Gasteiger partial charge in [-0.2, -0.15) is 0 Å². The maximum Gasteiger partial charge on any atom is 0.289 e. The number of aromatic nitrogens is 1. The van der Waals surface area contributed by atoms with Crippen LogP contribution in [0.25, 0.3) is 0 Å². The molecule has 1 aliphatic rings. The fourth-order valence-electron chi connectivity index (χ4n) is 3.60. The van der Waals surface area contributed by atoms with E-state index >= 15 is 0 Å². The zero-order chi connectivity index (χ0) is 22.5. The van der Waals surface area contributed by atoms with Gasteiger partial charge < -0.3 is 29.0 Å². The summed E-state index contributed by atoms with van der Waals surface area (Å²) in [6.45, 7) is 2.11. The van der Waals surface area contributed by atoms with Gasteiger partial charge in [0, 0.05) is 38.4 Å². The maximum absolute atomic E-state index is 13.1. The smallest absolute Gasteiger partial charge is 0.289 e. The van der Waals surface area contributed by atoms with Gasteiger partial charge in [0.15, 0.2) is 5.76 Å². The Balaban J connectivity index is 1.48. The summed E-state index contributed by atoms with van der Waals surface area (Å²) in [4.78, 5) is 33.8. The Morgan fingerprint density at radius 3 is 2.53 bits per heavy atom. The summed E-state index contributed by atoms with van der Waals surface area (Å²) < 4.78 is 15.8. The molecule has 0 unspecified atom stereocenters. The Bertz CT molecular complexity index is 1090. The number of amides is 2. The number of pyridine rings is 1. The maximum atomic E-state index is 13.1. The summed E-state index contributed by atoms with van der Waals surface area (Å²) in [5, 5.41) is 2.89. The summed E-state index contributed by atoms with van der Waals surface area (Å²) in [5.74, 6) is 1.58. The molecule has 3 heterocycles. The van der Waals surface area contributed by atoms with Crippen molar-refractivity contribution >= 4 is 23.3 Å². The molecule has 9 nitrogen and oxygen atoms in total. The molecule has 0 spiro atoms. The second-order valence-electron chi connectivity index (χ2n) is 7.15. The number of nitrogens with zero attached hydrogens (tertiary/aromatic N) is 3. The highest BCUT2D eigenvalue weighted by Crippen LogP contribution is 2.30. The molecule has 4 rings (SSSR count). The highest BCUT2D eigenvalue weighted by Gasteiger charge is 2.26. The number of benzene rings is 1. The molecular weight excluding hydrogens is 412 g/mol. The Labute approximate surface area is 185 Å². The van der Waals surface area contributed by atoms with Crippen LogP contribution in [0.4, 0.5) is 11.5 Å².